The molecule has 0 aromatic heterocycles. The molecule has 0 unspecified atom stereocenters. The summed E-state index contributed by atoms with van der Waals surface area (Å²) < 4.78 is 0. The average molecular weight is 181 g/mol. The molecule has 2 rings (SSSR count). The van der Waals surface area contributed by atoms with Gasteiger partial charge < -0.3 is 5.21 Å². The molecule has 0 radical (unpaired) electrons. The first-order chi connectivity index (χ1) is 6.18. The SMILES string of the molecule is C[C@H]1/C(=N\O)C[C@H]2CCCC[C@]21C. The van der Waals surface area contributed by atoms with Crippen molar-refractivity contribution in [2.45, 2.75) is 46.0 Å². The first kappa shape index (κ1) is 9.04. The van der Waals surface area contributed by atoms with Crippen molar-refractivity contribution in [2.75, 3.05) is 0 Å². The Morgan fingerprint density at radius 2 is 2.23 bits per heavy atom. The van der Waals surface area contributed by atoms with E-state index in [4.69, 9.17) is 5.21 Å². The van der Waals surface area contributed by atoms with Crippen LogP contribution in [0.4, 0.5) is 0 Å². The third-order valence-corrected chi connectivity index (χ3v) is 4.52. The molecule has 0 aromatic rings. The Morgan fingerprint density at radius 1 is 1.46 bits per heavy atom. The molecule has 0 saturated heterocycles. The second-order valence-corrected chi connectivity index (χ2v) is 4.97. The average Bonchev–Trinajstić information content (AvgIpc) is 2.40. The van der Waals surface area contributed by atoms with Crippen LogP contribution >= 0.6 is 0 Å². The summed E-state index contributed by atoms with van der Waals surface area (Å²) in [6.45, 7) is 4.60. The van der Waals surface area contributed by atoms with Crippen LogP contribution < -0.4 is 0 Å². The summed E-state index contributed by atoms with van der Waals surface area (Å²) in [6.07, 6.45) is 6.41. The lowest BCUT2D eigenvalue weighted by Gasteiger charge is -2.38. The zero-order valence-electron chi connectivity index (χ0n) is 8.58. The van der Waals surface area contributed by atoms with E-state index in [9.17, 15) is 0 Å². The molecular formula is C11H19NO. The summed E-state index contributed by atoms with van der Waals surface area (Å²) in [7, 11) is 0. The number of fused-ring (bicyclic) bond motifs is 1. The van der Waals surface area contributed by atoms with Gasteiger partial charge >= 0.3 is 0 Å². The maximum atomic E-state index is 8.89. The largest absolute Gasteiger partial charge is 0.411 e. The Balaban J connectivity index is 2.26. The molecule has 2 nitrogen and oxygen atoms in total. The lowest BCUT2D eigenvalue weighted by Crippen LogP contribution is -2.31. The fourth-order valence-corrected chi connectivity index (χ4v) is 3.27. The predicted molar refractivity (Wildman–Crippen MR) is 53.1 cm³/mol. The van der Waals surface area contributed by atoms with Crippen molar-refractivity contribution >= 4 is 5.71 Å². The molecule has 13 heavy (non-hydrogen) atoms. The Bertz CT molecular complexity index is 236. The Hall–Kier alpha value is -0.530. The lowest BCUT2D eigenvalue weighted by molar-refractivity contribution is 0.115. The summed E-state index contributed by atoms with van der Waals surface area (Å²) in [5.41, 5.74) is 1.47. The fourth-order valence-electron chi connectivity index (χ4n) is 3.27. The molecule has 0 bridgehead atoms. The summed E-state index contributed by atoms with van der Waals surface area (Å²) in [4.78, 5) is 0. The quantitative estimate of drug-likeness (QED) is 0.452. The van der Waals surface area contributed by atoms with Gasteiger partial charge in [0, 0.05) is 5.92 Å². The number of rotatable bonds is 0. The van der Waals surface area contributed by atoms with E-state index in [0.29, 0.717) is 11.3 Å². The van der Waals surface area contributed by atoms with Gasteiger partial charge in [0.2, 0.25) is 0 Å². The van der Waals surface area contributed by atoms with Gasteiger partial charge in [0.15, 0.2) is 0 Å². The van der Waals surface area contributed by atoms with Crippen molar-refractivity contribution < 1.29 is 5.21 Å². The number of oxime groups is 1. The number of hydrogen-bond donors (Lipinski definition) is 1. The highest BCUT2D eigenvalue weighted by Gasteiger charge is 2.48. The molecule has 2 aliphatic rings. The molecular weight excluding hydrogens is 162 g/mol. The van der Waals surface area contributed by atoms with Gasteiger partial charge in [0.05, 0.1) is 5.71 Å². The second kappa shape index (κ2) is 3.00. The van der Waals surface area contributed by atoms with Crippen LogP contribution in [-0.2, 0) is 0 Å². The minimum atomic E-state index is 0.430. The molecule has 2 aliphatic carbocycles. The zero-order chi connectivity index (χ0) is 9.47. The molecule has 0 spiro atoms. The van der Waals surface area contributed by atoms with Crippen LogP contribution in [-0.4, -0.2) is 10.9 Å². The van der Waals surface area contributed by atoms with Crippen molar-refractivity contribution in [3.05, 3.63) is 0 Å². The van der Waals surface area contributed by atoms with Crippen LogP contribution in [0.5, 0.6) is 0 Å². The smallest absolute Gasteiger partial charge is 0.0607 e. The van der Waals surface area contributed by atoms with E-state index in [-0.39, 0.29) is 0 Å². The third-order valence-electron chi connectivity index (χ3n) is 4.52. The van der Waals surface area contributed by atoms with E-state index >= 15 is 0 Å². The molecule has 1 N–H and O–H groups in total. The van der Waals surface area contributed by atoms with Crippen molar-refractivity contribution in [3.8, 4) is 0 Å². The van der Waals surface area contributed by atoms with E-state index in [1.54, 1.807) is 0 Å². The van der Waals surface area contributed by atoms with E-state index in [2.05, 4.69) is 19.0 Å². The predicted octanol–water partition coefficient (Wildman–Crippen LogP) is 3.05. The molecule has 0 aliphatic heterocycles. The van der Waals surface area contributed by atoms with E-state index in [1.165, 1.54) is 25.7 Å². The van der Waals surface area contributed by atoms with Crippen LogP contribution in [0.3, 0.4) is 0 Å². The normalized spacial score (nSPS) is 48.0. The Labute approximate surface area is 80.0 Å². The third kappa shape index (κ3) is 1.18. The minimum Gasteiger partial charge on any atom is -0.411 e. The molecule has 2 saturated carbocycles. The van der Waals surface area contributed by atoms with Crippen molar-refractivity contribution in [1.29, 1.82) is 0 Å². The van der Waals surface area contributed by atoms with E-state index in [1.807, 2.05) is 0 Å². The van der Waals surface area contributed by atoms with Gasteiger partial charge in [0.25, 0.3) is 0 Å². The van der Waals surface area contributed by atoms with Crippen LogP contribution in [0.15, 0.2) is 5.16 Å². The van der Waals surface area contributed by atoms with Crippen molar-refractivity contribution in [2.24, 2.45) is 22.4 Å². The molecule has 0 heterocycles. The molecule has 0 amide bonds. The van der Waals surface area contributed by atoms with Crippen LogP contribution in [0.2, 0.25) is 0 Å². The first-order valence-corrected chi connectivity index (χ1v) is 5.39. The minimum absolute atomic E-state index is 0.430. The van der Waals surface area contributed by atoms with Gasteiger partial charge in [-0.1, -0.05) is 31.8 Å². The van der Waals surface area contributed by atoms with Gasteiger partial charge in [-0.25, -0.2) is 0 Å². The van der Waals surface area contributed by atoms with Gasteiger partial charge in [-0.15, -0.1) is 0 Å². The van der Waals surface area contributed by atoms with Crippen molar-refractivity contribution in [3.63, 3.8) is 0 Å². The second-order valence-electron chi connectivity index (χ2n) is 4.97. The summed E-state index contributed by atoms with van der Waals surface area (Å²) in [5, 5.41) is 12.3. The van der Waals surface area contributed by atoms with E-state index in [0.717, 1.165) is 18.1 Å². The fraction of sp³-hybridized carbons (Fsp3) is 0.909. The van der Waals surface area contributed by atoms with E-state index < -0.39 is 0 Å². The van der Waals surface area contributed by atoms with Crippen LogP contribution in [0, 0.1) is 17.3 Å². The molecule has 2 fully saturated rings. The topological polar surface area (TPSA) is 32.6 Å². The maximum absolute atomic E-state index is 8.89. The van der Waals surface area contributed by atoms with Crippen molar-refractivity contribution in [1.82, 2.24) is 0 Å². The highest BCUT2D eigenvalue weighted by atomic mass is 16.4. The van der Waals surface area contributed by atoms with Gasteiger partial charge in [-0.3, -0.25) is 0 Å². The summed E-state index contributed by atoms with van der Waals surface area (Å²) >= 11 is 0. The van der Waals surface area contributed by atoms with Gasteiger partial charge in [0.1, 0.15) is 0 Å². The summed E-state index contributed by atoms with van der Waals surface area (Å²) in [5.74, 6) is 1.27. The molecule has 3 atom stereocenters. The monoisotopic (exact) mass is 181 g/mol. The van der Waals surface area contributed by atoms with Crippen LogP contribution in [0.1, 0.15) is 46.0 Å². The van der Waals surface area contributed by atoms with Gasteiger partial charge in [-0.05, 0) is 30.6 Å². The zero-order valence-corrected chi connectivity index (χ0v) is 8.58. The van der Waals surface area contributed by atoms with Gasteiger partial charge in [-0.2, -0.15) is 0 Å². The number of nitrogens with zero attached hydrogens (tertiary/aromatic N) is 1. The summed E-state index contributed by atoms with van der Waals surface area (Å²) in [6, 6.07) is 0. The molecule has 74 valence electrons. The Kier molecular flexibility index (Phi) is 2.09. The number of hydrogen-bond acceptors (Lipinski definition) is 2. The highest BCUT2D eigenvalue weighted by molar-refractivity contribution is 5.89. The van der Waals surface area contributed by atoms with Crippen LogP contribution in [0.25, 0.3) is 0 Å². The molecule has 2 heteroatoms. The lowest BCUT2D eigenvalue weighted by atomic mass is 9.66. The maximum Gasteiger partial charge on any atom is 0.0607 e. The molecule has 0 aromatic carbocycles. The Morgan fingerprint density at radius 3 is 2.85 bits per heavy atom. The first-order valence-electron chi connectivity index (χ1n) is 5.39. The highest BCUT2D eigenvalue weighted by Crippen LogP contribution is 2.53. The standard InChI is InChI=1S/C11H19NO/c1-8-10(12-13)7-9-5-3-4-6-11(8,9)2/h8-9,13H,3-7H2,1-2H3/b12-10-/t8-,9+,11-/m0/s1.